The summed E-state index contributed by atoms with van der Waals surface area (Å²) >= 11 is 0. The van der Waals surface area contributed by atoms with Gasteiger partial charge >= 0.3 is 0 Å². The average Bonchev–Trinajstić information content (AvgIpc) is 2.94. The molecule has 1 saturated heterocycles. The molecule has 1 atom stereocenters. The molecule has 0 bridgehead atoms. The normalized spacial score (nSPS) is 17.8. The fraction of sp³-hybridized carbons (Fsp3) is 0.471. The maximum absolute atomic E-state index is 12.7. The molecule has 1 unspecified atom stereocenters. The maximum atomic E-state index is 12.7. The largest absolute Gasteiger partial charge is 0.336 e. The predicted molar refractivity (Wildman–Crippen MR) is 81.5 cm³/mol. The number of carbonyl (C=O) groups is 1. The summed E-state index contributed by atoms with van der Waals surface area (Å²) in [5.41, 5.74) is 8.04. The lowest BCUT2D eigenvalue weighted by molar-refractivity contribution is 0.0733. The molecule has 1 aromatic carbocycles. The first-order chi connectivity index (χ1) is 9.69. The van der Waals surface area contributed by atoms with Crippen LogP contribution in [0.4, 0.5) is 0 Å². The lowest BCUT2D eigenvalue weighted by Gasteiger charge is -2.24. The van der Waals surface area contributed by atoms with Crippen molar-refractivity contribution in [3.63, 3.8) is 0 Å². The molecule has 1 fully saturated rings. The molecule has 3 heteroatoms. The highest BCUT2D eigenvalue weighted by molar-refractivity contribution is 5.96. The van der Waals surface area contributed by atoms with Crippen molar-refractivity contribution < 1.29 is 4.79 Å². The molecular weight excluding hydrogens is 248 g/mol. The third kappa shape index (κ3) is 2.86. The fourth-order valence-corrected chi connectivity index (χ4v) is 2.83. The second kappa shape index (κ2) is 6.58. The van der Waals surface area contributed by atoms with E-state index in [4.69, 9.17) is 5.73 Å². The number of nitrogens with two attached hydrogens (primary N) is 1. The maximum Gasteiger partial charge on any atom is 0.254 e. The minimum absolute atomic E-state index is 0.142. The number of benzene rings is 1. The zero-order valence-electron chi connectivity index (χ0n) is 12.3. The van der Waals surface area contributed by atoms with Crippen LogP contribution in [0.15, 0.2) is 18.2 Å². The van der Waals surface area contributed by atoms with E-state index < -0.39 is 0 Å². The van der Waals surface area contributed by atoms with Crippen LogP contribution in [0, 0.1) is 18.8 Å². The third-order valence-electron chi connectivity index (χ3n) is 4.00. The molecule has 1 aromatic rings. The van der Waals surface area contributed by atoms with Crippen LogP contribution in [-0.2, 0) is 0 Å². The zero-order chi connectivity index (χ0) is 14.5. The molecule has 1 heterocycles. The monoisotopic (exact) mass is 270 g/mol. The van der Waals surface area contributed by atoms with Gasteiger partial charge in [-0.2, -0.15) is 0 Å². The molecule has 1 aliphatic rings. The van der Waals surface area contributed by atoms with Gasteiger partial charge < -0.3 is 10.6 Å². The molecule has 106 valence electrons. The van der Waals surface area contributed by atoms with Crippen LogP contribution < -0.4 is 5.73 Å². The number of likely N-dealkylation sites (tertiary alicyclic amines) is 1. The Morgan fingerprint density at radius 2 is 2.30 bits per heavy atom. The quantitative estimate of drug-likeness (QED) is 0.838. The van der Waals surface area contributed by atoms with Crippen molar-refractivity contribution in [2.24, 2.45) is 5.73 Å². The van der Waals surface area contributed by atoms with E-state index in [0.29, 0.717) is 12.6 Å². The van der Waals surface area contributed by atoms with Gasteiger partial charge in [-0.25, -0.2) is 0 Å². The number of nitrogens with zero attached hydrogens (tertiary/aromatic N) is 1. The van der Waals surface area contributed by atoms with Crippen molar-refractivity contribution in [2.45, 2.75) is 39.2 Å². The predicted octanol–water partition coefficient (Wildman–Crippen LogP) is 2.32. The van der Waals surface area contributed by atoms with E-state index in [1.807, 2.05) is 30.0 Å². The molecule has 20 heavy (non-hydrogen) atoms. The Balaban J connectivity index is 2.30. The Kier molecular flexibility index (Phi) is 4.81. The first-order valence-electron chi connectivity index (χ1n) is 7.28. The standard InChI is InChI=1S/C17H22N2O/c1-3-15-9-6-12-19(15)17(20)16-10-4-7-14(13(16)2)8-5-11-18/h4,7,10,15H,3,6,9,11-12,18H2,1-2H3. The summed E-state index contributed by atoms with van der Waals surface area (Å²) in [6, 6.07) is 6.13. The minimum Gasteiger partial charge on any atom is -0.336 e. The number of hydrogen-bond donors (Lipinski definition) is 1. The van der Waals surface area contributed by atoms with Crippen molar-refractivity contribution in [3.8, 4) is 11.8 Å². The smallest absolute Gasteiger partial charge is 0.254 e. The van der Waals surface area contributed by atoms with E-state index in [0.717, 1.165) is 42.5 Å². The van der Waals surface area contributed by atoms with Crippen LogP contribution >= 0.6 is 0 Å². The number of amides is 1. The van der Waals surface area contributed by atoms with E-state index >= 15 is 0 Å². The molecular formula is C17H22N2O. The lowest BCUT2D eigenvalue weighted by Crippen LogP contribution is -2.35. The highest BCUT2D eigenvalue weighted by atomic mass is 16.2. The van der Waals surface area contributed by atoms with Gasteiger partial charge in [0, 0.05) is 23.7 Å². The highest BCUT2D eigenvalue weighted by Gasteiger charge is 2.28. The second-order valence-electron chi connectivity index (χ2n) is 5.19. The Labute approximate surface area is 121 Å². The summed E-state index contributed by atoms with van der Waals surface area (Å²) in [5.74, 6) is 6.03. The van der Waals surface area contributed by atoms with Gasteiger partial charge in [-0.3, -0.25) is 4.79 Å². The first-order valence-corrected chi connectivity index (χ1v) is 7.28. The Morgan fingerprint density at radius 3 is 3.00 bits per heavy atom. The van der Waals surface area contributed by atoms with E-state index in [2.05, 4.69) is 18.8 Å². The average molecular weight is 270 g/mol. The first kappa shape index (κ1) is 14.6. The number of carbonyl (C=O) groups excluding carboxylic acids is 1. The van der Waals surface area contributed by atoms with E-state index in [1.165, 1.54) is 0 Å². The number of hydrogen-bond acceptors (Lipinski definition) is 2. The van der Waals surface area contributed by atoms with Crippen LogP contribution in [0.1, 0.15) is 47.7 Å². The van der Waals surface area contributed by atoms with Gasteiger partial charge in [0.05, 0.1) is 6.54 Å². The van der Waals surface area contributed by atoms with Gasteiger partial charge in [-0.15, -0.1) is 0 Å². The Hall–Kier alpha value is -1.79. The summed E-state index contributed by atoms with van der Waals surface area (Å²) in [6.07, 6.45) is 3.25. The summed E-state index contributed by atoms with van der Waals surface area (Å²) < 4.78 is 0. The van der Waals surface area contributed by atoms with Crippen LogP contribution in [0.5, 0.6) is 0 Å². The molecule has 0 radical (unpaired) electrons. The fourth-order valence-electron chi connectivity index (χ4n) is 2.83. The van der Waals surface area contributed by atoms with Crippen molar-refractivity contribution in [1.82, 2.24) is 4.90 Å². The molecule has 3 nitrogen and oxygen atoms in total. The summed E-state index contributed by atoms with van der Waals surface area (Å²) in [6.45, 7) is 5.31. The molecule has 0 saturated carbocycles. The van der Waals surface area contributed by atoms with Crippen LogP contribution in [-0.4, -0.2) is 29.9 Å². The highest BCUT2D eigenvalue weighted by Crippen LogP contribution is 2.24. The molecule has 2 rings (SSSR count). The lowest BCUT2D eigenvalue weighted by atomic mass is 10.0. The molecule has 0 aliphatic carbocycles. The van der Waals surface area contributed by atoms with Gasteiger partial charge in [-0.1, -0.05) is 24.8 Å². The van der Waals surface area contributed by atoms with Crippen LogP contribution in [0.3, 0.4) is 0 Å². The van der Waals surface area contributed by atoms with Crippen LogP contribution in [0.2, 0.25) is 0 Å². The van der Waals surface area contributed by atoms with E-state index in [1.54, 1.807) is 0 Å². The molecule has 0 spiro atoms. The summed E-state index contributed by atoms with van der Waals surface area (Å²) in [4.78, 5) is 14.7. The molecule has 0 aromatic heterocycles. The topological polar surface area (TPSA) is 46.3 Å². The van der Waals surface area contributed by atoms with Gasteiger partial charge in [0.2, 0.25) is 0 Å². The number of rotatable bonds is 2. The zero-order valence-corrected chi connectivity index (χ0v) is 12.3. The van der Waals surface area contributed by atoms with Gasteiger partial charge in [-0.05, 0) is 43.9 Å². The van der Waals surface area contributed by atoms with Gasteiger partial charge in [0.15, 0.2) is 0 Å². The Bertz CT molecular complexity index is 554. The summed E-state index contributed by atoms with van der Waals surface area (Å²) in [7, 11) is 0. The summed E-state index contributed by atoms with van der Waals surface area (Å²) in [5, 5.41) is 0. The molecule has 1 amide bonds. The second-order valence-corrected chi connectivity index (χ2v) is 5.19. The third-order valence-corrected chi connectivity index (χ3v) is 4.00. The van der Waals surface area contributed by atoms with Crippen molar-refractivity contribution in [3.05, 3.63) is 34.9 Å². The van der Waals surface area contributed by atoms with Gasteiger partial charge in [0.1, 0.15) is 0 Å². The SMILES string of the molecule is CCC1CCCN1C(=O)c1cccc(C#CCN)c1C. The van der Waals surface area contributed by atoms with Crippen molar-refractivity contribution in [1.29, 1.82) is 0 Å². The molecule has 2 N–H and O–H groups in total. The Morgan fingerprint density at radius 1 is 1.50 bits per heavy atom. The van der Waals surface area contributed by atoms with E-state index in [9.17, 15) is 4.79 Å². The van der Waals surface area contributed by atoms with E-state index in [-0.39, 0.29) is 5.91 Å². The van der Waals surface area contributed by atoms with Crippen molar-refractivity contribution in [2.75, 3.05) is 13.1 Å². The minimum atomic E-state index is 0.142. The van der Waals surface area contributed by atoms with Crippen molar-refractivity contribution >= 4 is 5.91 Å². The van der Waals surface area contributed by atoms with Crippen LogP contribution in [0.25, 0.3) is 0 Å². The van der Waals surface area contributed by atoms with Gasteiger partial charge in [0.25, 0.3) is 5.91 Å². The molecule has 1 aliphatic heterocycles.